The number of nitrogens with two attached hydrogens (primary N) is 1. The molecule has 0 fully saturated rings. The lowest BCUT2D eigenvalue weighted by atomic mass is 10.1. The molecule has 0 radical (unpaired) electrons. The molecule has 0 saturated carbocycles. The SMILES string of the molecule is CC(C)(C)NCC(O)c1ccc(O)c(N)c1.O=S(=O)(O)O. The van der Waals surface area contributed by atoms with Crippen LogP contribution in [0.15, 0.2) is 18.2 Å². The molecule has 21 heavy (non-hydrogen) atoms. The highest BCUT2D eigenvalue weighted by molar-refractivity contribution is 7.79. The monoisotopic (exact) mass is 322 g/mol. The molecule has 1 aromatic rings. The first-order valence-electron chi connectivity index (χ1n) is 6.01. The number of hydrogen-bond donors (Lipinski definition) is 6. The van der Waals surface area contributed by atoms with Gasteiger partial charge in [0.1, 0.15) is 5.75 Å². The molecule has 0 aliphatic rings. The highest BCUT2D eigenvalue weighted by atomic mass is 32.3. The van der Waals surface area contributed by atoms with E-state index in [0.717, 1.165) is 0 Å². The molecule has 0 aliphatic carbocycles. The third-order valence-electron chi connectivity index (χ3n) is 2.26. The zero-order valence-electron chi connectivity index (χ0n) is 12.1. The summed E-state index contributed by atoms with van der Waals surface area (Å²) in [5, 5.41) is 22.4. The summed E-state index contributed by atoms with van der Waals surface area (Å²) in [5.74, 6) is 0.0414. The highest BCUT2D eigenvalue weighted by Gasteiger charge is 2.14. The Kier molecular flexibility index (Phi) is 7.07. The Morgan fingerprint density at radius 3 is 2.14 bits per heavy atom. The van der Waals surface area contributed by atoms with Crippen LogP contribution in [0.2, 0.25) is 0 Å². The number of phenols is 1. The normalized spacial score (nSPS) is 13.2. The number of β-amino-alcohol motifs (C(OH)–C–C–N with tert-alkyl or cyclic N) is 1. The number of nitrogens with one attached hydrogen (secondary N) is 1. The Morgan fingerprint density at radius 1 is 1.29 bits per heavy atom. The van der Waals surface area contributed by atoms with E-state index in [0.29, 0.717) is 12.1 Å². The Labute approximate surface area is 124 Å². The van der Waals surface area contributed by atoms with E-state index in [2.05, 4.69) is 5.32 Å². The number of anilines is 1. The molecule has 7 N–H and O–H groups in total. The van der Waals surface area contributed by atoms with E-state index in [-0.39, 0.29) is 17.0 Å². The van der Waals surface area contributed by atoms with Crippen LogP contribution in [-0.4, -0.2) is 39.8 Å². The van der Waals surface area contributed by atoms with Crippen molar-refractivity contribution in [3.63, 3.8) is 0 Å². The molecule has 1 rings (SSSR count). The molecule has 9 heteroatoms. The van der Waals surface area contributed by atoms with Crippen LogP contribution in [-0.2, 0) is 10.4 Å². The molecular weight excluding hydrogens is 300 g/mol. The van der Waals surface area contributed by atoms with Gasteiger partial charge in [-0.1, -0.05) is 6.07 Å². The minimum Gasteiger partial charge on any atom is -0.506 e. The second kappa shape index (κ2) is 7.57. The third-order valence-corrected chi connectivity index (χ3v) is 2.26. The maximum atomic E-state index is 9.90. The summed E-state index contributed by atoms with van der Waals surface area (Å²) in [5.41, 5.74) is 6.51. The number of aliphatic hydroxyl groups excluding tert-OH is 1. The average Bonchev–Trinajstić information content (AvgIpc) is 2.26. The standard InChI is InChI=1S/C12H20N2O2.H2O4S/c1-12(2,3)14-7-11(16)8-4-5-10(15)9(13)6-8;1-5(2,3)4/h4-6,11,14-16H,7,13H2,1-3H3;(H2,1,2,3,4). The first kappa shape index (κ1) is 19.6. The smallest absolute Gasteiger partial charge is 0.394 e. The lowest BCUT2D eigenvalue weighted by Gasteiger charge is -2.23. The van der Waals surface area contributed by atoms with E-state index in [1.807, 2.05) is 20.8 Å². The van der Waals surface area contributed by atoms with Crippen molar-refractivity contribution in [2.45, 2.75) is 32.4 Å². The fraction of sp³-hybridized carbons (Fsp3) is 0.500. The molecule has 0 bridgehead atoms. The van der Waals surface area contributed by atoms with Crippen molar-refractivity contribution in [3.8, 4) is 5.75 Å². The van der Waals surface area contributed by atoms with E-state index < -0.39 is 16.5 Å². The third kappa shape index (κ3) is 11.0. The van der Waals surface area contributed by atoms with Crippen molar-refractivity contribution in [3.05, 3.63) is 23.8 Å². The van der Waals surface area contributed by atoms with Gasteiger partial charge in [0.15, 0.2) is 0 Å². The first-order chi connectivity index (χ1) is 9.29. The van der Waals surface area contributed by atoms with E-state index in [4.69, 9.17) is 23.3 Å². The number of benzene rings is 1. The largest absolute Gasteiger partial charge is 0.506 e. The molecule has 0 aromatic heterocycles. The van der Waals surface area contributed by atoms with Gasteiger partial charge in [0.25, 0.3) is 0 Å². The highest BCUT2D eigenvalue weighted by Crippen LogP contribution is 2.24. The summed E-state index contributed by atoms with van der Waals surface area (Å²) in [6.45, 7) is 6.55. The summed E-state index contributed by atoms with van der Waals surface area (Å²) in [4.78, 5) is 0. The second-order valence-corrected chi connectivity index (χ2v) is 6.31. The van der Waals surface area contributed by atoms with Crippen LogP contribution in [0.25, 0.3) is 0 Å². The maximum absolute atomic E-state index is 9.90. The Morgan fingerprint density at radius 2 is 1.76 bits per heavy atom. The lowest BCUT2D eigenvalue weighted by molar-refractivity contribution is 0.163. The van der Waals surface area contributed by atoms with Crippen LogP contribution in [0.1, 0.15) is 32.4 Å². The average molecular weight is 322 g/mol. The van der Waals surface area contributed by atoms with Crippen molar-refractivity contribution < 1.29 is 27.7 Å². The van der Waals surface area contributed by atoms with Gasteiger partial charge in [-0.25, -0.2) is 0 Å². The minimum absolute atomic E-state index is 0.0383. The number of phenolic OH excluding ortho intramolecular Hbond substituents is 1. The molecule has 0 aliphatic heterocycles. The molecule has 0 amide bonds. The Hall–Kier alpha value is -1.39. The van der Waals surface area contributed by atoms with E-state index in [1.165, 1.54) is 6.07 Å². The van der Waals surface area contributed by atoms with Crippen molar-refractivity contribution in [2.75, 3.05) is 12.3 Å². The van der Waals surface area contributed by atoms with Crippen molar-refractivity contribution in [2.24, 2.45) is 0 Å². The molecule has 8 nitrogen and oxygen atoms in total. The van der Waals surface area contributed by atoms with Crippen molar-refractivity contribution in [1.29, 1.82) is 0 Å². The Bertz CT molecular complexity index is 545. The summed E-state index contributed by atoms with van der Waals surface area (Å²) in [6, 6.07) is 4.75. The predicted octanol–water partition coefficient (Wildman–Crippen LogP) is 0.743. The van der Waals surface area contributed by atoms with Gasteiger partial charge in [0.05, 0.1) is 11.8 Å². The quantitative estimate of drug-likeness (QED) is 0.271. The van der Waals surface area contributed by atoms with E-state index in [9.17, 15) is 10.2 Å². The molecule has 1 aromatic carbocycles. The van der Waals surface area contributed by atoms with Crippen LogP contribution in [0.5, 0.6) is 5.75 Å². The van der Waals surface area contributed by atoms with Gasteiger partial charge in [0, 0.05) is 12.1 Å². The summed E-state index contributed by atoms with van der Waals surface area (Å²) >= 11 is 0. The fourth-order valence-electron chi connectivity index (χ4n) is 1.30. The van der Waals surface area contributed by atoms with Gasteiger partial charge < -0.3 is 21.3 Å². The second-order valence-electron chi connectivity index (χ2n) is 5.41. The zero-order valence-corrected chi connectivity index (χ0v) is 12.9. The van der Waals surface area contributed by atoms with Gasteiger partial charge >= 0.3 is 10.4 Å². The lowest BCUT2D eigenvalue weighted by Crippen LogP contribution is -2.38. The zero-order chi connectivity index (χ0) is 16.8. The molecule has 122 valence electrons. The number of aromatic hydroxyl groups is 1. The minimum atomic E-state index is -4.67. The molecule has 0 spiro atoms. The van der Waals surface area contributed by atoms with Crippen LogP contribution in [0.3, 0.4) is 0 Å². The van der Waals surface area contributed by atoms with Crippen LogP contribution < -0.4 is 11.1 Å². The molecule has 1 atom stereocenters. The van der Waals surface area contributed by atoms with Crippen molar-refractivity contribution >= 4 is 16.1 Å². The predicted molar refractivity (Wildman–Crippen MR) is 79.4 cm³/mol. The van der Waals surface area contributed by atoms with Crippen LogP contribution in [0.4, 0.5) is 5.69 Å². The molecule has 0 heterocycles. The number of nitrogen functional groups attached to an aromatic ring is 1. The van der Waals surface area contributed by atoms with E-state index >= 15 is 0 Å². The molecule has 1 unspecified atom stereocenters. The van der Waals surface area contributed by atoms with Gasteiger partial charge in [-0.15, -0.1) is 0 Å². The number of hydrogen-bond acceptors (Lipinski definition) is 6. The number of aliphatic hydroxyl groups is 1. The van der Waals surface area contributed by atoms with E-state index in [1.54, 1.807) is 12.1 Å². The topological polar surface area (TPSA) is 153 Å². The van der Waals surface area contributed by atoms with Crippen LogP contribution in [0, 0.1) is 0 Å². The van der Waals surface area contributed by atoms with Gasteiger partial charge in [-0.05, 0) is 38.5 Å². The molecule has 0 saturated heterocycles. The van der Waals surface area contributed by atoms with Gasteiger partial charge in [-0.3, -0.25) is 9.11 Å². The summed E-state index contributed by atoms with van der Waals surface area (Å²) < 4.78 is 31.6. The maximum Gasteiger partial charge on any atom is 0.394 e. The van der Waals surface area contributed by atoms with Crippen LogP contribution >= 0.6 is 0 Å². The van der Waals surface area contributed by atoms with Crippen molar-refractivity contribution in [1.82, 2.24) is 5.32 Å². The van der Waals surface area contributed by atoms with Gasteiger partial charge in [-0.2, -0.15) is 8.42 Å². The summed E-state index contributed by atoms with van der Waals surface area (Å²) in [7, 11) is -4.67. The first-order valence-corrected chi connectivity index (χ1v) is 7.40. The Balaban J connectivity index is 0.000000690. The number of rotatable bonds is 3. The summed E-state index contributed by atoms with van der Waals surface area (Å²) in [6.07, 6.45) is -0.623. The molecular formula is C12H22N2O6S. The van der Waals surface area contributed by atoms with Gasteiger partial charge in [0.2, 0.25) is 0 Å². The fourth-order valence-corrected chi connectivity index (χ4v) is 1.30.